The van der Waals surface area contributed by atoms with Crippen molar-refractivity contribution in [1.82, 2.24) is 4.90 Å². The molecule has 1 heterocycles. The van der Waals surface area contributed by atoms with Crippen LogP contribution < -0.4 is 11.1 Å². The zero-order valence-corrected chi connectivity index (χ0v) is 13.9. The van der Waals surface area contributed by atoms with Crippen LogP contribution in [0, 0.1) is 0 Å². The van der Waals surface area contributed by atoms with E-state index in [0.29, 0.717) is 31.0 Å². The minimum Gasteiger partial charge on any atom is -0.378 e. The van der Waals surface area contributed by atoms with Crippen molar-refractivity contribution in [2.45, 2.75) is 6.04 Å². The quantitative estimate of drug-likeness (QED) is 0.870. The van der Waals surface area contributed by atoms with E-state index in [0.717, 1.165) is 5.56 Å². The normalized spacial score (nSPS) is 17.8. The summed E-state index contributed by atoms with van der Waals surface area (Å²) in [6, 6.07) is 16.8. The van der Waals surface area contributed by atoms with E-state index in [-0.39, 0.29) is 18.5 Å². The van der Waals surface area contributed by atoms with E-state index in [1.807, 2.05) is 30.3 Å². The summed E-state index contributed by atoms with van der Waals surface area (Å²) < 4.78 is 5.58. The molecule has 0 unspecified atom stereocenters. The fourth-order valence-corrected chi connectivity index (χ4v) is 2.99. The Morgan fingerprint density at radius 2 is 1.84 bits per heavy atom. The molecular formula is C19H21N3O3. The molecule has 3 rings (SSSR count). The second kappa shape index (κ2) is 7.92. The van der Waals surface area contributed by atoms with E-state index < -0.39 is 5.91 Å². The van der Waals surface area contributed by atoms with Crippen molar-refractivity contribution in [2.75, 3.05) is 31.6 Å². The van der Waals surface area contributed by atoms with Gasteiger partial charge in [0.25, 0.3) is 5.91 Å². The number of amides is 2. The molecular weight excluding hydrogens is 318 g/mol. The molecule has 1 saturated heterocycles. The van der Waals surface area contributed by atoms with Gasteiger partial charge >= 0.3 is 0 Å². The summed E-state index contributed by atoms with van der Waals surface area (Å²) in [5.74, 6) is -0.749. The van der Waals surface area contributed by atoms with Gasteiger partial charge in [0.2, 0.25) is 5.91 Å². The Morgan fingerprint density at radius 3 is 2.60 bits per heavy atom. The zero-order valence-electron chi connectivity index (χ0n) is 13.9. The van der Waals surface area contributed by atoms with Gasteiger partial charge in [-0.25, -0.2) is 0 Å². The predicted molar refractivity (Wildman–Crippen MR) is 95.2 cm³/mol. The Hall–Kier alpha value is -2.70. The smallest absolute Gasteiger partial charge is 0.250 e. The number of hydrogen-bond donors (Lipinski definition) is 2. The second-order valence-electron chi connectivity index (χ2n) is 5.93. The Morgan fingerprint density at radius 1 is 1.12 bits per heavy atom. The maximum Gasteiger partial charge on any atom is 0.250 e. The summed E-state index contributed by atoms with van der Waals surface area (Å²) in [6.07, 6.45) is 0. The number of nitrogens with zero attached hydrogens (tertiary/aromatic N) is 1. The van der Waals surface area contributed by atoms with Crippen molar-refractivity contribution < 1.29 is 14.3 Å². The van der Waals surface area contributed by atoms with Crippen LogP contribution in [0.3, 0.4) is 0 Å². The highest BCUT2D eigenvalue weighted by Gasteiger charge is 2.26. The molecule has 1 fully saturated rings. The third kappa shape index (κ3) is 4.23. The average molecular weight is 339 g/mol. The highest BCUT2D eigenvalue weighted by atomic mass is 16.5. The summed E-state index contributed by atoms with van der Waals surface area (Å²) in [6.45, 7) is 2.03. The first-order chi connectivity index (χ1) is 12.1. The van der Waals surface area contributed by atoms with Gasteiger partial charge in [0.15, 0.2) is 0 Å². The lowest BCUT2D eigenvalue weighted by Crippen LogP contribution is -2.43. The highest BCUT2D eigenvalue weighted by molar-refractivity contribution is 6.03. The number of rotatable bonds is 5. The van der Waals surface area contributed by atoms with E-state index >= 15 is 0 Å². The first-order valence-electron chi connectivity index (χ1n) is 8.20. The number of hydrogen-bond acceptors (Lipinski definition) is 4. The van der Waals surface area contributed by atoms with E-state index in [4.69, 9.17) is 10.5 Å². The molecule has 2 aromatic carbocycles. The molecule has 1 aliphatic rings. The number of morpholine rings is 1. The van der Waals surface area contributed by atoms with Crippen LogP contribution in [0.15, 0.2) is 54.6 Å². The number of anilines is 1. The standard InChI is InChI=1S/C19H21N3O3/c20-19(24)15-8-4-5-9-16(15)21-18(23)12-22-10-11-25-13-17(22)14-6-2-1-3-7-14/h1-9,17H,10-13H2,(H2,20,24)(H,21,23)/t17-/m1/s1. The molecule has 0 spiro atoms. The first-order valence-corrected chi connectivity index (χ1v) is 8.20. The number of primary amides is 1. The first kappa shape index (κ1) is 17.1. The number of nitrogens with one attached hydrogen (secondary N) is 1. The molecule has 0 bridgehead atoms. The van der Waals surface area contributed by atoms with Crippen LogP contribution in [-0.2, 0) is 9.53 Å². The van der Waals surface area contributed by atoms with Crippen LogP contribution in [0.1, 0.15) is 22.0 Å². The molecule has 6 heteroatoms. The Kier molecular flexibility index (Phi) is 5.42. The Balaban J connectivity index is 1.70. The van der Waals surface area contributed by atoms with Gasteiger partial charge in [-0.15, -0.1) is 0 Å². The number of carbonyl (C=O) groups excluding carboxylic acids is 2. The van der Waals surface area contributed by atoms with E-state index in [1.165, 1.54) is 0 Å². The molecule has 130 valence electrons. The van der Waals surface area contributed by atoms with Crippen LogP contribution in [-0.4, -0.2) is 43.0 Å². The van der Waals surface area contributed by atoms with Crippen LogP contribution in [0.5, 0.6) is 0 Å². The number of ether oxygens (including phenoxy) is 1. The van der Waals surface area contributed by atoms with Crippen molar-refractivity contribution in [3.05, 3.63) is 65.7 Å². The van der Waals surface area contributed by atoms with E-state index in [2.05, 4.69) is 10.2 Å². The predicted octanol–water partition coefficient (Wildman–Crippen LogP) is 1.80. The number of nitrogens with two attached hydrogens (primary N) is 1. The highest BCUT2D eigenvalue weighted by Crippen LogP contribution is 2.24. The van der Waals surface area contributed by atoms with Gasteiger partial charge in [-0.05, 0) is 17.7 Å². The lowest BCUT2D eigenvalue weighted by Gasteiger charge is -2.35. The third-order valence-electron chi connectivity index (χ3n) is 4.24. The summed E-state index contributed by atoms with van der Waals surface area (Å²) in [4.78, 5) is 26.0. The monoisotopic (exact) mass is 339 g/mol. The maximum atomic E-state index is 12.5. The largest absolute Gasteiger partial charge is 0.378 e. The van der Waals surface area contributed by atoms with Gasteiger partial charge in [0.1, 0.15) is 0 Å². The van der Waals surface area contributed by atoms with Gasteiger partial charge in [0.05, 0.1) is 37.1 Å². The Bertz CT molecular complexity index is 749. The summed E-state index contributed by atoms with van der Waals surface area (Å²) in [7, 11) is 0. The Labute approximate surface area is 146 Å². The van der Waals surface area contributed by atoms with E-state index in [9.17, 15) is 9.59 Å². The van der Waals surface area contributed by atoms with Crippen molar-refractivity contribution in [1.29, 1.82) is 0 Å². The minimum absolute atomic E-state index is 0.0343. The fraction of sp³-hybridized carbons (Fsp3) is 0.263. The molecule has 0 saturated carbocycles. The van der Waals surface area contributed by atoms with Crippen LogP contribution in [0.4, 0.5) is 5.69 Å². The molecule has 6 nitrogen and oxygen atoms in total. The van der Waals surface area contributed by atoms with Gasteiger partial charge in [-0.2, -0.15) is 0 Å². The topological polar surface area (TPSA) is 84.7 Å². The lowest BCUT2D eigenvalue weighted by atomic mass is 10.0. The molecule has 2 aromatic rings. The summed E-state index contributed by atoms with van der Waals surface area (Å²) in [5.41, 5.74) is 7.21. The number of benzene rings is 2. The van der Waals surface area contributed by atoms with E-state index in [1.54, 1.807) is 24.3 Å². The van der Waals surface area contributed by atoms with Gasteiger partial charge in [0, 0.05) is 6.54 Å². The molecule has 0 aliphatic carbocycles. The molecule has 0 aromatic heterocycles. The number of para-hydroxylation sites is 1. The maximum absolute atomic E-state index is 12.5. The lowest BCUT2D eigenvalue weighted by molar-refractivity contribution is -0.119. The molecule has 2 amide bonds. The third-order valence-corrected chi connectivity index (χ3v) is 4.24. The van der Waals surface area contributed by atoms with Gasteiger partial charge in [-0.3, -0.25) is 14.5 Å². The van der Waals surface area contributed by atoms with Gasteiger partial charge < -0.3 is 15.8 Å². The van der Waals surface area contributed by atoms with Crippen LogP contribution >= 0.6 is 0 Å². The summed E-state index contributed by atoms with van der Waals surface area (Å²) >= 11 is 0. The number of carbonyl (C=O) groups is 2. The molecule has 1 atom stereocenters. The van der Waals surface area contributed by atoms with Gasteiger partial charge in [-0.1, -0.05) is 42.5 Å². The van der Waals surface area contributed by atoms with Crippen LogP contribution in [0.25, 0.3) is 0 Å². The average Bonchev–Trinajstić information content (AvgIpc) is 2.63. The molecule has 25 heavy (non-hydrogen) atoms. The molecule has 3 N–H and O–H groups in total. The SMILES string of the molecule is NC(=O)c1ccccc1NC(=O)CN1CCOC[C@@H]1c1ccccc1. The van der Waals surface area contributed by atoms with Crippen molar-refractivity contribution in [3.63, 3.8) is 0 Å². The van der Waals surface area contributed by atoms with Crippen LogP contribution in [0.2, 0.25) is 0 Å². The summed E-state index contributed by atoms with van der Waals surface area (Å²) in [5, 5.41) is 2.79. The second-order valence-corrected chi connectivity index (χ2v) is 5.93. The van der Waals surface area contributed by atoms with Crippen molar-refractivity contribution in [2.24, 2.45) is 5.73 Å². The van der Waals surface area contributed by atoms with Crippen molar-refractivity contribution >= 4 is 17.5 Å². The molecule has 0 radical (unpaired) electrons. The zero-order chi connectivity index (χ0) is 17.6. The molecule has 1 aliphatic heterocycles. The fourth-order valence-electron chi connectivity index (χ4n) is 2.99. The minimum atomic E-state index is -0.565. The van der Waals surface area contributed by atoms with Crippen molar-refractivity contribution in [3.8, 4) is 0 Å².